The van der Waals surface area contributed by atoms with Gasteiger partial charge in [-0.05, 0) is 82.2 Å². The minimum atomic E-state index is -0.839. The van der Waals surface area contributed by atoms with E-state index < -0.39 is 17.5 Å². The second kappa shape index (κ2) is 10.3. The van der Waals surface area contributed by atoms with E-state index in [2.05, 4.69) is 32.1 Å². The van der Waals surface area contributed by atoms with E-state index in [1.165, 1.54) is 6.07 Å². The van der Waals surface area contributed by atoms with E-state index in [1.54, 1.807) is 23.6 Å². The maximum Gasteiger partial charge on any atom is 0.261 e. The molecule has 39 heavy (non-hydrogen) atoms. The van der Waals surface area contributed by atoms with Crippen LogP contribution in [0.25, 0.3) is 10.9 Å². The average Bonchev–Trinajstić information content (AvgIpc) is 3.75. The van der Waals surface area contributed by atoms with Gasteiger partial charge in [0.15, 0.2) is 17.4 Å². The van der Waals surface area contributed by atoms with E-state index in [0.29, 0.717) is 16.9 Å². The molecule has 0 unspecified atom stereocenters. The number of aromatic nitrogens is 3. The molecule has 6 rings (SSSR count). The molecule has 1 aliphatic carbocycles. The second-order valence-electron chi connectivity index (χ2n) is 10.3. The van der Waals surface area contributed by atoms with Crippen molar-refractivity contribution < 1.29 is 18.3 Å². The highest BCUT2D eigenvalue weighted by Gasteiger charge is 2.32. The molecule has 1 saturated carbocycles. The average molecular weight is 533 g/mol. The van der Waals surface area contributed by atoms with Gasteiger partial charge in [-0.2, -0.15) is 9.37 Å². The summed E-state index contributed by atoms with van der Waals surface area (Å²) in [6.45, 7) is 5.79. The van der Waals surface area contributed by atoms with Crippen LogP contribution in [0, 0.1) is 24.5 Å². The Kier molecular flexibility index (Phi) is 6.64. The van der Waals surface area contributed by atoms with Crippen LogP contribution < -0.4 is 15.0 Å². The molecule has 0 spiro atoms. The van der Waals surface area contributed by atoms with Gasteiger partial charge in [0.05, 0.1) is 5.52 Å². The maximum atomic E-state index is 15.4. The minimum Gasteiger partial charge on any atom is -0.433 e. The standard InChI is InChI=1S/C29H30F2N6O2/c1-18-16-22-23(37(18)29(38)19-4-5-19)10-11-24(25(22)30)39-28-26(31)27(32-17-33-28)34-20-6-8-21(9-7-20)36-13-3-12-35(2)14-15-36/h6-11,16-17,19H,3-5,12-15H2,1-2H3,(H,32,33,34). The first-order valence-electron chi connectivity index (χ1n) is 13.2. The molecule has 1 N–H and O–H groups in total. The Balaban J connectivity index is 1.20. The van der Waals surface area contributed by atoms with Gasteiger partial charge in [-0.1, -0.05) is 0 Å². The lowest BCUT2D eigenvalue weighted by molar-refractivity contribution is 0.0889. The molecular formula is C29H30F2N6O2. The van der Waals surface area contributed by atoms with Crippen LogP contribution in [0.2, 0.25) is 0 Å². The summed E-state index contributed by atoms with van der Waals surface area (Å²) in [6, 6.07) is 12.3. The molecular weight excluding hydrogens is 502 g/mol. The number of carbonyl (C=O) groups excluding carboxylic acids is 1. The number of carbonyl (C=O) groups is 1. The van der Waals surface area contributed by atoms with E-state index >= 15 is 8.78 Å². The van der Waals surface area contributed by atoms with Gasteiger partial charge in [0.25, 0.3) is 5.88 Å². The Morgan fingerprint density at radius 1 is 1.00 bits per heavy atom. The number of anilines is 3. The second-order valence-corrected chi connectivity index (χ2v) is 10.3. The van der Waals surface area contributed by atoms with Crippen molar-refractivity contribution in [1.82, 2.24) is 19.4 Å². The number of aryl methyl sites for hydroxylation is 1. The lowest BCUT2D eigenvalue weighted by atomic mass is 10.2. The number of halogens is 2. The van der Waals surface area contributed by atoms with Crippen LogP contribution in [0.1, 0.15) is 29.8 Å². The SMILES string of the molecule is Cc1cc2c(F)c(Oc3ncnc(Nc4ccc(N5CCCN(C)CC5)cc4)c3F)ccc2n1C(=O)C1CC1. The van der Waals surface area contributed by atoms with Crippen molar-refractivity contribution in [2.75, 3.05) is 43.4 Å². The Bertz CT molecular complexity index is 1530. The molecule has 1 saturated heterocycles. The first-order chi connectivity index (χ1) is 18.9. The van der Waals surface area contributed by atoms with E-state index in [1.807, 2.05) is 24.3 Å². The summed E-state index contributed by atoms with van der Waals surface area (Å²) in [5.41, 5.74) is 2.87. The molecule has 2 aromatic heterocycles. The molecule has 1 aliphatic heterocycles. The molecule has 10 heteroatoms. The quantitative estimate of drug-likeness (QED) is 0.339. The molecule has 2 fully saturated rings. The highest BCUT2D eigenvalue weighted by molar-refractivity contribution is 5.96. The third-order valence-electron chi connectivity index (χ3n) is 7.39. The monoisotopic (exact) mass is 532 g/mol. The number of nitrogens with one attached hydrogen (secondary N) is 1. The van der Waals surface area contributed by atoms with Crippen molar-refractivity contribution >= 4 is 34.0 Å². The molecule has 0 bridgehead atoms. The predicted molar refractivity (Wildman–Crippen MR) is 146 cm³/mol. The van der Waals surface area contributed by atoms with Gasteiger partial charge < -0.3 is 19.9 Å². The van der Waals surface area contributed by atoms with Crippen LogP contribution in [0.3, 0.4) is 0 Å². The Labute approximate surface area is 225 Å². The minimum absolute atomic E-state index is 0.00754. The van der Waals surface area contributed by atoms with Crippen molar-refractivity contribution in [2.45, 2.75) is 26.2 Å². The van der Waals surface area contributed by atoms with Crippen molar-refractivity contribution in [3.8, 4) is 11.6 Å². The normalized spacial score (nSPS) is 16.4. The number of rotatable bonds is 6. The number of likely N-dealkylation sites (N-methyl/N-ethyl adjacent to an activating group) is 1. The fourth-order valence-corrected chi connectivity index (χ4v) is 5.06. The Morgan fingerprint density at radius 3 is 2.56 bits per heavy atom. The molecule has 4 aromatic rings. The number of hydrogen-bond acceptors (Lipinski definition) is 7. The first kappa shape index (κ1) is 25.2. The molecule has 2 aromatic carbocycles. The number of benzene rings is 2. The van der Waals surface area contributed by atoms with Crippen LogP contribution in [-0.4, -0.2) is 58.6 Å². The van der Waals surface area contributed by atoms with Gasteiger partial charge >= 0.3 is 0 Å². The highest BCUT2D eigenvalue weighted by Crippen LogP contribution is 2.36. The van der Waals surface area contributed by atoms with Gasteiger partial charge in [0, 0.05) is 48.0 Å². The summed E-state index contributed by atoms with van der Waals surface area (Å²) in [4.78, 5) is 25.2. The zero-order valence-electron chi connectivity index (χ0n) is 22.0. The smallest absolute Gasteiger partial charge is 0.261 e. The summed E-state index contributed by atoms with van der Waals surface area (Å²) in [6.07, 6.45) is 3.97. The van der Waals surface area contributed by atoms with Crippen molar-refractivity contribution in [3.63, 3.8) is 0 Å². The molecule has 8 nitrogen and oxygen atoms in total. The summed E-state index contributed by atoms with van der Waals surface area (Å²) in [5.74, 6) is -2.22. The van der Waals surface area contributed by atoms with Gasteiger partial charge in [-0.15, -0.1) is 0 Å². The summed E-state index contributed by atoms with van der Waals surface area (Å²) in [7, 11) is 2.13. The van der Waals surface area contributed by atoms with E-state index in [4.69, 9.17) is 4.74 Å². The van der Waals surface area contributed by atoms with E-state index in [9.17, 15) is 4.79 Å². The van der Waals surface area contributed by atoms with Gasteiger partial charge in [0.2, 0.25) is 11.7 Å². The largest absolute Gasteiger partial charge is 0.433 e. The Hall–Kier alpha value is -4.05. The predicted octanol–water partition coefficient (Wildman–Crippen LogP) is 5.75. The van der Waals surface area contributed by atoms with Gasteiger partial charge in [0.1, 0.15) is 6.33 Å². The Morgan fingerprint density at radius 2 is 1.79 bits per heavy atom. The third kappa shape index (κ3) is 5.04. The zero-order chi connectivity index (χ0) is 27.1. The van der Waals surface area contributed by atoms with E-state index in [-0.39, 0.29) is 28.8 Å². The molecule has 0 radical (unpaired) electrons. The highest BCUT2D eigenvalue weighted by atomic mass is 19.1. The van der Waals surface area contributed by atoms with Crippen molar-refractivity contribution in [1.29, 1.82) is 0 Å². The van der Waals surface area contributed by atoms with Crippen LogP contribution >= 0.6 is 0 Å². The third-order valence-corrected chi connectivity index (χ3v) is 7.39. The van der Waals surface area contributed by atoms with Crippen LogP contribution in [0.5, 0.6) is 11.6 Å². The fourth-order valence-electron chi connectivity index (χ4n) is 5.06. The molecule has 3 heterocycles. The zero-order valence-corrected chi connectivity index (χ0v) is 22.0. The summed E-state index contributed by atoms with van der Waals surface area (Å²) >= 11 is 0. The summed E-state index contributed by atoms with van der Waals surface area (Å²) in [5, 5.41) is 3.20. The number of fused-ring (bicyclic) bond motifs is 1. The fraction of sp³-hybridized carbons (Fsp3) is 0.345. The maximum absolute atomic E-state index is 15.4. The number of nitrogens with zero attached hydrogens (tertiary/aromatic N) is 5. The van der Waals surface area contributed by atoms with Gasteiger partial charge in [-0.3, -0.25) is 9.36 Å². The molecule has 2 aliphatic rings. The van der Waals surface area contributed by atoms with Gasteiger partial charge in [-0.25, -0.2) is 9.37 Å². The number of ether oxygens (including phenoxy) is 1. The van der Waals surface area contributed by atoms with Crippen molar-refractivity contribution in [3.05, 3.63) is 66.1 Å². The molecule has 202 valence electrons. The van der Waals surface area contributed by atoms with E-state index in [0.717, 1.165) is 57.5 Å². The summed E-state index contributed by atoms with van der Waals surface area (Å²) < 4.78 is 37.8. The topological polar surface area (TPSA) is 75.5 Å². The lowest BCUT2D eigenvalue weighted by Crippen LogP contribution is -2.28. The van der Waals surface area contributed by atoms with Crippen LogP contribution in [-0.2, 0) is 0 Å². The van der Waals surface area contributed by atoms with Crippen molar-refractivity contribution in [2.24, 2.45) is 5.92 Å². The first-order valence-corrected chi connectivity index (χ1v) is 13.2. The number of hydrogen-bond donors (Lipinski definition) is 1. The van der Waals surface area contributed by atoms with Crippen LogP contribution in [0.15, 0.2) is 48.8 Å². The van der Waals surface area contributed by atoms with Crippen LogP contribution in [0.4, 0.5) is 26.0 Å². The molecule has 0 atom stereocenters. The lowest BCUT2D eigenvalue weighted by Gasteiger charge is -2.23. The molecule has 0 amide bonds.